The second-order valence-electron chi connectivity index (χ2n) is 15.5. The zero-order valence-electron chi connectivity index (χ0n) is 34.6. The number of aliphatic hydroxyl groups excluding tert-OH is 1. The van der Waals surface area contributed by atoms with Crippen LogP contribution in [0.4, 0.5) is 4.79 Å². The normalized spacial score (nSPS) is 18.8. The van der Waals surface area contributed by atoms with Gasteiger partial charge in [-0.25, -0.2) is 9.59 Å². The Labute approximate surface area is 336 Å². The zero-order valence-corrected chi connectivity index (χ0v) is 34.6. The van der Waals surface area contributed by atoms with Crippen molar-refractivity contribution in [3.05, 3.63) is 107 Å². The third-order valence-corrected chi connectivity index (χ3v) is 11.0. The molecule has 0 saturated carbocycles. The molecular formula is C47H69N3O6. The summed E-state index contributed by atoms with van der Waals surface area (Å²) >= 11 is 0. The number of methoxy groups -OCH3 is 1. The number of esters is 1. The summed E-state index contributed by atoms with van der Waals surface area (Å²) in [5, 5.41) is 15.3. The Bertz CT molecular complexity index is 1500. The highest BCUT2D eigenvalue weighted by Crippen LogP contribution is 2.42. The summed E-state index contributed by atoms with van der Waals surface area (Å²) in [6.45, 7) is 10.1. The number of nitrogens with one attached hydrogen (secondary N) is 2. The van der Waals surface area contributed by atoms with E-state index in [1.54, 1.807) is 0 Å². The molecule has 0 aliphatic carbocycles. The van der Waals surface area contributed by atoms with Crippen molar-refractivity contribution >= 4 is 12.0 Å². The molecule has 4 rings (SSSR count). The maximum atomic E-state index is 12.9. The Morgan fingerprint density at radius 3 is 1.89 bits per heavy atom. The van der Waals surface area contributed by atoms with Gasteiger partial charge in [0.05, 0.1) is 25.9 Å². The summed E-state index contributed by atoms with van der Waals surface area (Å²) in [5.41, 5.74) is 4.70. The average Bonchev–Trinajstić information content (AvgIpc) is 3.23. The predicted molar refractivity (Wildman–Crippen MR) is 224 cm³/mol. The Kier molecular flexibility index (Phi) is 20.5. The van der Waals surface area contributed by atoms with E-state index in [0.29, 0.717) is 6.42 Å². The van der Waals surface area contributed by atoms with Crippen molar-refractivity contribution in [1.29, 1.82) is 0 Å². The first-order chi connectivity index (χ1) is 27.3. The number of aliphatic hydroxyl groups is 1. The van der Waals surface area contributed by atoms with E-state index in [9.17, 15) is 14.7 Å². The van der Waals surface area contributed by atoms with Crippen molar-refractivity contribution in [3.63, 3.8) is 0 Å². The molecule has 56 heavy (non-hydrogen) atoms. The fourth-order valence-electron chi connectivity index (χ4n) is 7.48. The number of benzene rings is 3. The minimum absolute atomic E-state index is 0.00395. The Hall–Kier alpha value is -3.76. The van der Waals surface area contributed by atoms with Gasteiger partial charge in [0.25, 0.3) is 0 Å². The molecule has 1 heterocycles. The van der Waals surface area contributed by atoms with Gasteiger partial charge in [0.1, 0.15) is 6.04 Å². The molecule has 5 atom stereocenters. The van der Waals surface area contributed by atoms with Gasteiger partial charge < -0.3 is 34.9 Å². The number of hydrogen-bond donors (Lipinski definition) is 3. The van der Waals surface area contributed by atoms with Gasteiger partial charge in [-0.05, 0) is 48.2 Å². The molecule has 3 N–H and O–H groups in total. The standard InChI is InChI=1S/C47H69N3O6/c1-5-7-9-11-13-18-30-50(31-19-14-12-10-8-6-2)34-43-36(3)44(40-26-24-39(35-51)25-27-40)56-46(55-43)41-28-22-38(23-29-41)33-48-47(53)49-42(45(52)54-4)32-37-20-16-15-17-21-37/h15-17,20-29,36,42-44,46,51H,5-14,18-19,30-35H2,1-4H3,(H2,48,49,53). The molecule has 1 fully saturated rings. The van der Waals surface area contributed by atoms with Crippen LogP contribution < -0.4 is 10.6 Å². The zero-order chi connectivity index (χ0) is 40.0. The van der Waals surface area contributed by atoms with Crippen LogP contribution in [0.1, 0.15) is 138 Å². The lowest BCUT2D eigenvalue weighted by Gasteiger charge is -2.43. The number of urea groups is 1. The maximum absolute atomic E-state index is 12.9. The number of carbonyl (C=O) groups excluding carboxylic acids is 2. The van der Waals surface area contributed by atoms with Crippen LogP contribution in [0.25, 0.3) is 0 Å². The van der Waals surface area contributed by atoms with Gasteiger partial charge in [-0.15, -0.1) is 0 Å². The minimum atomic E-state index is -0.805. The smallest absolute Gasteiger partial charge is 0.328 e. The lowest BCUT2D eigenvalue weighted by Crippen LogP contribution is -2.47. The molecule has 1 saturated heterocycles. The summed E-state index contributed by atoms with van der Waals surface area (Å²) in [6, 6.07) is 24.3. The molecule has 9 heteroatoms. The predicted octanol–water partition coefficient (Wildman–Crippen LogP) is 9.58. The Morgan fingerprint density at radius 1 is 0.732 bits per heavy atom. The molecule has 2 amide bonds. The van der Waals surface area contributed by atoms with Gasteiger partial charge in [0.2, 0.25) is 0 Å². The molecule has 1 aliphatic heterocycles. The van der Waals surface area contributed by atoms with E-state index in [-0.39, 0.29) is 31.3 Å². The lowest BCUT2D eigenvalue weighted by atomic mass is 9.90. The molecular weight excluding hydrogens is 703 g/mol. The molecule has 0 bridgehead atoms. The first-order valence-corrected chi connectivity index (χ1v) is 21.3. The van der Waals surface area contributed by atoms with Crippen LogP contribution >= 0.6 is 0 Å². The molecule has 0 radical (unpaired) electrons. The SMILES string of the molecule is CCCCCCCCN(CCCCCCCC)CC1OC(c2ccc(CNC(=O)NC(Cc3ccccc3)C(=O)OC)cc2)OC(c2ccc(CO)cc2)C1C. The second kappa shape index (κ2) is 25.5. The first kappa shape index (κ1) is 44.9. The van der Waals surface area contributed by atoms with Gasteiger partial charge in [0, 0.05) is 31.0 Å². The minimum Gasteiger partial charge on any atom is -0.467 e. The monoisotopic (exact) mass is 772 g/mol. The highest BCUT2D eigenvalue weighted by molar-refractivity contribution is 5.83. The highest BCUT2D eigenvalue weighted by Gasteiger charge is 2.39. The third kappa shape index (κ3) is 15.3. The molecule has 9 nitrogen and oxygen atoms in total. The number of nitrogens with zero attached hydrogens (tertiary/aromatic N) is 1. The number of hydrogen-bond acceptors (Lipinski definition) is 7. The van der Waals surface area contributed by atoms with E-state index in [4.69, 9.17) is 14.2 Å². The van der Waals surface area contributed by atoms with Crippen molar-refractivity contribution in [2.24, 2.45) is 5.92 Å². The summed E-state index contributed by atoms with van der Waals surface area (Å²) in [4.78, 5) is 28.0. The molecule has 0 spiro atoms. The quantitative estimate of drug-likeness (QED) is 0.0582. The van der Waals surface area contributed by atoms with Crippen molar-refractivity contribution in [1.82, 2.24) is 15.5 Å². The maximum Gasteiger partial charge on any atom is 0.328 e. The summed E-state index contributed by atoms with van der Waals surface area (Å²) in [7, 11) is 1.32. The summed E-state index contributed by atoms with van der Waals surface area (Å²) in [5.74, 6) is -0.385. The highest BCUT2D eigenvalue weighted by atomic mass is 16.7. The van der Waals surface area contributed by atoms with Gasteiger partial charge in [0.15, 0.2) is 6.29 Å². The lowest BCUT2D eigenvalue weighted by molar-refractivity contribution is -0.276. The van der Waals surface area contributed by atoms with Gasteiger partial charge in [-0.2, -0.15) is 0 Å². The fourth-order valence-corrected chi connectivity index (χ4v) is 7.48. The van der Waals surface area contributed by atoms with Crippen molar-refractivity contribution in [2.45, 2.75) is 142 Å². The molecule has 3 aromatic carbocycles. The van der Waals surface area contributed by atoms with Crippen LogP contribution in [0, 0.1) is 5.92 Å². The topological polar surface area (TPSA) is 109 Å². The molecule has 0 aromatic heterocycles. The number of rotatable bonds is 25. The van der Waals surface area contributed by atoms with E-state index in [0.717, 1.165) is 47.5 Å². The number of ether oxygens (including phenoxy) is 3. The molecule has 5 unspecified atom stereocenters. The number of carbonyl (C=O) groups is 2. The number of amides is 2. The molecule has 3 aromatic rings. The Morgan fingerprint density at radius 2 is 1.30 bits per heavy atom. The van der Waals surface area contributed by atoms with E-state index in [1.165, 1.54) is 84.2 Å². The largest absolute Gasteiger partial charge is 0.467 e. The van der Waals surface area contributed by atoms with Crippen LogP contribution in [0.5, 0.6) is 0 Å². The summed E-state index contributed by atoms with van der Waals surface area (Å²) in [6.07, 6.45) is 14.9. The van der Waals surface area contributed by atoms with Crippen LogP contribution in [0.15, 0.2) is 78.9 Å². The summed E-state index contributed by atoms with van der Waals surface area (Å²) < 4.78 is 18.6. The Balaban J connectivity index is 1.43. The van der Waals surface area contributed by atoms with E-state index < -0.39 is 24.3 Å². The van der Waals surface area contributed by atoms with Crippen molar-refractivity contribution in [3.8, 4) is 0 Å². The van der Waals surface area contributed by atoms with Crippen LogP contribution in [0.3, 0.4) is 0 Å². The van der Waals surface area contributed by atoms with Crippen LogP contribution in [-0.4, -0.2) is 60.9 Å². The van der Waals surface area contributed by atoms with E-state index in [1.807, 2.05) is 66.7 Å². The third-order valence-electron chi connectivity index (χ3n) is 11.0. The van der Waals surface area contributed by atoms with Crippen molar-refractivity contribution < 1.29 is 28.9 Å². The first-order valence-electron chi connectivity index (χ1n) is 21.3. The van der Waals surface area contributed by atoms with Gasteiger partial charge >= 0.3 is 12.0 Å². The second-order valence-corrected chi connectivity index (χ2v) is 15.5. The van der Waals surface area contributed by atoms with Crippen molar-refractivity contribution in [2.75, 3.05) is 26.7 Å². The van der Waals surface area contributed by atoms with Crippen LogP contribution in [-0.2, 0) is 38.6 Å². The fraction of sp³-hybridized carbons (Fsp3) is 0.574. The molecule has 308 valence electrons. The van der Waals surface area contributed by atoms with Gasteiger partial charge in [-0.1, -0.05) is 164 Å². The van der Waals surface area contributed by atoms with Gasteiger partial charge in [-0.3, -0.25) is 0 Å². The molecule has 1 aliphatic rings. The average molecular weight is 772 g/mol. The van der Waals surface area contributed by atoms with E-state index >= 15 is 0 Å². The van der Waals surface area contributed by atoms with Crippen LogP contribution in [0.2, 0.25) is 0 Å². The van der Waals surface area contributed by atoms with E-state index in [2.05, 4.69) is 48.4 Å². The number of unbranched alkanes of at least 4 members (excludes halogenated alkanes) is 10.